The Hall–Kier alpha value is -0.750. The van der Waals surface area contributed by atoms with Crippen LogP contribution in [-0.2, 0) is 6.18 Å². The van der Waals surface area contributed by atoms with Gasteiger partial charge in [-0.1, -0.05) is 15.9 Å². The molecule has 0 radical (unpaired) electrons. The summed E-state index contributed by atoms with van der Waals surface area (Å²) in [5.74, 6) is 0. The number of alkyl halides is 3. The first kappa shape index (κ1) is 13.7. The van der Waals surface area contributed by atoms with Crippen LogP contribution in [0.5, 0.6) is 0 Å². The monoisotopic (exact) mass is 322 g/mol. The SMILES string of the molecule is CCN(c1ccc(Br)cc1C(F)(F)F)C1CNC1. The standard InChI is InChI=1S/C12H14BrF3N2/c1-2-18(9-6-17-7-9)11-4-3-8(13)5-10(11)12(14,15)16/h3-5,9,17H,2,6-7H2,1H3. The van der Waals surface area contributed by atoms with Crippen LogP contribution in [0.4, 0.5) is 18.9 Å². The molecule has 0 spiro atoms. The second kappa shape index (κ2) is 5.09. The summed E-state index contributed by atoms with van der Waals surface area (Å²) in [6.45, 7) is 3.92. The van der Waals surface area contributed by atoms with Crippen molar-refractivity contribution in [1.82, 2.24) is 5.32 Å². The maximum absolute atomic E-state index is 13.0. The molecule has 1 fully saturated rings. The van der Waals surface area contributed by atoms with Crippen molar-refractivity contribution in [2.75, 3.05) is 24.5 Å². The van der Waals surface area contributed by atoms with Crippen molar-refractivity contribution in [3.8, 4) is 0 Å². The van der Waals surface area contributed by atoms with Crippen molar-refractivity contribution in [1.29, 1.82) is 0 Å². The predicted molar refractivity (Wildman–Crippen MR) is 68.8 cm³/mol. The number of nitrogens with one attached hydrogen (secondary N) is 1. The van der Waals surface area contributed by atoms with Gasteiger partial charge in [0.2, 0.25) is 0 Å². The number of hydrogen-bond donors (Lipinski definition) is 1. The summed E-state index contributed by atoms with van der Waals surface area (Å²) < 4.78 is 39.6. The van der Waals surface area contributed by atoms with Crippen molar-refractivity contribution in [2.24, 2.45) is 0 Å². The minimum atomic E-state index is -4.33. The van der Waals surface area contributed by atoms with E-state index in [9.17, 15) is 13.2 Å². The Kier molecular flexibility index (Phi) is 3.87. The first-order chi connectivity index (χ1) is 8.43. The molecular weight excluding hydrogens is 309 g/mol. The third kappa shape index (κ3) is 2.64. The van der Waals surface area contributed by atoms with Gasteiger partial charge < -0.3 is 10.2 Å². The molecule has 1 aromatic carbocycles. The summed E-state index contributed by atoms with van der Waals surface area (Å²) in [4.78, 5) is 1.81. The number of halogens is 4. The lowest BCUT2D eigenvalue weighted by Crippen LogP contribution is -2.57. The molecule has 2 nitrogen and oxygen atoms in total. The van der Waals surface area contributed by atoms with Crippen LogP contribution in [0, 0.1) is 0 Å². The fraction of sp³-hybridized carbons (Fsp3) is 0.500. The average Bonchev–Trinajstić information content (AvgIpc) is 2.22. The molecule has 0 saturated carbocycles. The second-order valence-electron chi connectivity index (χ2n) is 4.26. The molecule has 0 unspecified atom stereocenters. The molecule has 6 heteroatoms. The van der Waals surface area contributed by atoms with E-state index < -0.39 is 11.7 Å². The number of anilines is 1. The molecule has 18 heavy (non-hydrogen) atoms. The van der Waals surface area contributed by atoms with E-state index in [1.807, 2.05) is 11.8 Å². The van der Waals surface area contributed by atoms with E-state index in [1.54, 1.807) is 6.07 Å². The fourth-order valence-electron chi connectivity index (χ4n) is 2.10. The highest BCUT2D eigenvalue weighted by molar-refractivity contribution is 9.10. The number of likely N-dealkylation sites (N-methyl/N-ethyl adjacent to an activating group) is 1. The third-order valence-corrected chi connectivity index (χ3v) is 3.61. The molecule has 1 saturated heterocycles. The molecule has 1 aliphatic heterocycles. The third-order valence-electron chi connectivity index (χ3n) is 3.11. The Morgan fingerprint density at radius 2 is 2.06 bits per heavy atom. The summed E-state index contributed by atoms with van der Waals surface area (Å²) in [5, 5.41) is 3.08. The van der Waals surface area contributed by atoms with Gasteiger partial charge in [0, 0.05) is 29.8 Å². The Balaban J connectivity index is 2.41. The van der Waals surface area contributed by atoms with Gasteiger partial charge in [0.15, 0.2) is 0 Å². The van der Waals surface area contributed by atoms with Crippen molar-refractivity contribution >= 4 is 21.6 Å². The normalized spacial score (nSPS) is 16.5. The molecule has 2 rings (SSSR count). The van der Waals surface area contributed by atoms with Crippen LogP contribution in [0.25, 0.3) is 0 Å². The zero-order valence-corrected chi connectivity index (χ0v) is 11.5. The van der Waals surface area contributed by atoms with Gasteiger partial charge in [0.05, 0.1) is 11.6 Å². The summed E-state index contributed by atoms with van der Waals surface area (Å²) >= 11 is 3.10. The summed E-state index contributed by atoms with van der Waals surface area (Å²) in [7, 11) is 0. The quantitative estimate of drug-likeness (QED) is 0.918. The van der Waals surface area contributed by atoms with Crippen LogP contribution < -0.4 is 10.2 Å². The fourth-order valence-corrected chi connectivity index (χ4v) is 2.47. The minimum absolute atomic E-state index is 0.150. The van der Waals surface area contributed by atoms with Crippen molar-refractivity contribution in [3.63, 3.8) is 0 Å². The molecule has 100 valence electrons. The topological polar surface area (TPSA) is 15.3 Å². The summed E-state index contributed by atoms with van der Waals surface area (Å²) in [6.07, 6.45) is -4.33. The van der Waals surface area contributed by atoms with Crippen LogP contribution in [0.3, 0.4) is 0 Å². The molecule has 0 bridgehead atoms. The van der Waals surface area contributed by atoms with E-state index >= 15 is 0 Å². The predicted octanol–water partition coefficient (Wildman–Crippen LogP) is 3.27. The Bertz CT molecular complexity index is 430. The number of rotatable bonds is 3. The van der Waals surface area contributed by atoms with Crippen molar-refractivity contribution < 1.29 is 13.2 Å². The maximum atomic E-state index is 13.0. The molecular formula is C12H14BrF3N2. The lowest BCUT2D eigenvalue weighted by molar-refractivity contribution is -0.137. The molecule has 0 aromatic heterocycles. The Morgan fingerprint density at radius 1 is 1.39 bits per heavy atom. The highest BCUT2D eigenvalue weighted by Crippen LogP contribution is 2.39. The van der Waals surface area contributed by atoms with Crippen LogP contribution in [0.1, 0.15) is 12.5 Å². The van der Waals surface area contributed by atoms with E-state index in [0.29, 0.717) is 11.0 Å². The first-order valence-corrected chi connectivity index (χ1v) is 6.57. The minimum Gasteiger partial charge on any atom is -0.366 e. The average molecular weight is 323 g/mol. The van der Waals surface area contributed by atoms with Crippen LogP contribution >= 0.6 is 15.9 Å². The number of nitrogens with zero attached hydrogens (tertiary/aromatic N) is 1. The number of benzene rings is 1. The zero-order chi connectivity index (χ0) is 13.3. The van der Waals surface area contributed by atoms with E-state index in [4.69, 9.17) is 0 Å². The molecule has 1 aliphatic rings. The Morgan fingerprint density at radius 3 is 2.50 bits per heavy atom. The van der Waals surface area contributed by atoms with E-state index in [2.05, 4.69) is 21.2 Å². The van der Waals surface area contributed by atoms with Gasteiger partial charge in [-0.25, -0.2) is 0 Å². The van der Waals surface area contributed by atoms with Crippen molar-refractivity contribution in [2.45, 2.75) is 19.1 Å². The van der Waals surface area contributed by atoms with Gasteiger partial charge >= 0.3 is 6.18 Å². The molecule has 1 N–H and O–H groups in total. The lowest BCUT2D eigenvalue weighted by Gasteiger charge is -2.40. The molecule has 0 atom stereocenters. The van der Waals surface area contributed by atoms with Gasteiger partial charge in [-0.2, -0.15) is 13.2 Å². The molecule has 0 aliphatic carbocycles. The maximum Gasteiger partial charge on any atom is 0.418 e. The molecule has 0 amide bonds. The van der Waals surface area contributed by atoms with Crippen LogP contribution in [0.15, 0.2) is 22.7 Å². The van der Waals surface area contributed by atoms with E-state index in [-0.39, 0.29) is 11.7 Å². The summed E-state index contributed by atoms with van der Waals surface area (Å²) in [5.41, 5.74) is -0.315. The Labute approximate surface area is 112 Å². The summed E-state index contributed by atoms with van der Waals surface area (Å²) in [6, 6.07) is 4.48. The second-order valence-corrected chi connectivity index (χ2v) is 5.17. The molecule has 1 heterocycles. The van der Waals surface area contributed by atoms with Crippen LogP contribution in [-0.4, -0.2) is 25.7 Å². The number of hydrogen-bond acceptors (Lipinski definition) is 2. The van der Waals surface area contributed by atoms with Crippen molar-refractivity contribution in [3.05, 3.63) is 28.2 Å². The zero-order valence-electron chi connectivity index (χ0n) is 9.89. The van der Waals surface area contributed by atoms with Gasteiger partial charge in [-0.05, 0) is 25.1 Å². The van der Waals surface area contributed by atoms with E-state index in [1.165, 1.54) is 6.07 Å². The van der Waals surface area contributed by atoms with Gasteiger partial charge in [-0.15, -0.1) is 0 Å². The molecule has 1 aromatic rings. The van der Waals surface area contributed by atoms with Gasteiger partial charge in [0.25, 0.3) is 0 Å². The highest BCUT2D eigenvalue weighted by Gasteiger charge is 2.36. The largest absolute Gasteiger partial charge is 0.418 e. The van der Waals surface area contributed by atoms with Gasteiger partial charge in [-0.3, -0.25) is 0 Å². The van der Waals surface area contributed by atoms with Gasteiger partial charge in [0.1, 0.15) is 0 Å². The first-order valence-electron chi connectivity index (χ1n) is 5.77. The smallest absolute Gasteiger partial charge is 0.366 e. The van der Waals surface area contributed by atoms with E-state index in [0.717, 1.165) is 19.2 Å². The highest BCUT2D eigenvalue weighted by atomic mass is 79.9. The van der Waals surface area contributed by atoms with Crippen LogP contribution in [0.2, 0.25) is 0 Å². The lowest BCUT2D eigenvalue weighted by atomic mass is 10.1.